The molecule has 4 heteroatoms. The van der Waals surface area contributed by atoms with Crippen molar-refractivity contribution in [3.63, 3.8) is 0 Å². The van der Waals surface area contributed by atoms with Gasteiger partial charge in [-0.05, 0) is 47.3 Å². The zero-order valence-corrected chi connectivity index (χ0v) is 11.1. The van der Waals surface area contributed by atoms with Gasteiger partial charge in [0.2, 0.25) is 0 Å². The predicted octanol–water partition coefficient (Wildman–Crippen LogP) is 3.36. The lowest BCUT2D eigenvalue weighted by molar-refractivity contribution is 0.579. The van der Waals surface area contributed by atoms with E-state index in [2.05, 4.69) is 32.7 Å². The fraction of sp³-hybridized carbons (Fsp3) is 0.545. The van der Waals surface area contributed by atoms with Crippen molar-refractivity contribution in [1.29, 1.82) is 0 Å². The second-order valence-electron chi connectivity index (χ2n) is 3.95. The zero-order chi connectivity index (χ0) is 10.8. The molecule has 0 N–H and O–H groups in total. The average molecular weight is 290 g/mol. The molecule has 0 radical (unpaired) electrons. The van der Waals surface area contributed by atoms with Crippen LogP contribution in [-0.4, -0.2) is 23.5 Å². The van der Waals surface area contributed by atoms with Gasteiger partial charge in [-0.1, -0.05) is 0 Å². The molecule has 2 rings (SSSR count). The highest BCUT2D eigenvalue weighted by atomic mass is 79.9. The summed E-state index contributed by atoms with van der Waals surface area (Å²) in [5.41, 5.74) is 1.22. The molecule has 1 atom stereocenters. The van der Waals surface area contributed by atoms with Gasteiger partial charge in [-0.3, -0.25) is 0 Å². The maximum atomic E-state index is 6.17. The van der Waals surface area contributed by atoms with Gasteiger partial charge in [0.05, 0.1) is 9.85 Å². The van der Waals surface area contributed by atoms with Crippen molar-refractivity contribution >= 4 is 33.3 Å². The standard InChI is InChI=1S/C11H14BrClN2/c1-8-4-5-14-11(10(8)12)15-6-2-3-9(13)7-15/h4-5,9H,2-3,6-7H2,1H3. The molecule has 1 aliphatic heterocycles. The quantitative estimate of drug-likeness (QED) is 0.737. The summed E-state index contributed by atoms with van der Waals surface area (Å²) < 4.78 is 1.09. The van der Waals surface area contributed by atoms with Crippen LogP contribution >= 0.6 is 27.5 Å². The van der Waals surface area contributed by atoms with Crippen LogP contribution in [0.25, 0.3) is 0 Å². The van der Waals surface area contributed by atoms with Crippen molar-refractivity contribution in [1.82, 2.24) is 4.98 Å². The zero-order valence-electron chi connectivity index (χ0n) is 8.71. The minimum atomic E-state index is 0.257. The van der Waals surface area contributed by atoms with Gasteiger partial charge in [0.25, 0.3) is 0 Å². The molecule has 15 heavy (non-hydrogen) atoms. The third-order valence-electron chi connectivity index (χ3n) is 2.73. The Labute approximate surface area is 104 Å². The van der Waals surface area contributed by atoms with Crippen LogP contribution in [0.2, 0.25) is 0 Å². The Morgan fingerprint density at radius 1 is 1.60 bits per heavy atom. The first-order valence-corrected chi connectivity index (χ1v) is 6.41. The van der Waals surface area contributed by atoms with E-state index in [9.17, 15) is 0 Å². The lowest BCUT2D eigenvalue weighted by Gasteiger charge is -2.31. The lowest BCUT2D eigenvalue weighted by atomic mass is 10.1. The number of anilines is 1. The number of nitrogens with zero attached hydrogens (tertiary/aromatic N) is 2. The molecule has 1 unspecified atom stereocenters. The van der Waals surface area contributed by atoms with Gasteiger partial charge in [-0.15, -0.1) is 11.6 Å². The SMILES string of the molecule is Cc1ccnc(N2CCCC(Cl)C2)c1Br. The first-order valence-electron chi connectivity index (χ1n) is 5.18. The molecule has 0 bridgehead atoms. The Morgan fingerprint density at radius 3 is 3.13 bits per heavy atom. The highest BCUT2D eigenvalue weighted by molar-refractivity contribution is 9.10. The normalized spacial score (nSPS) is 21.8. The van der Waals surface area contributed by atoms with Crippen LogP contribution in [0.15, 0.2) is 16.7 Å². The van der Waals surface area contributed by atoms with Crippen LogP contribution < -0.4 is 4.90 Å². The average Bonchev–Trinajstić information content (AvgIpc) is 2.22. The van der Waals surface area contributed by atoms with E-state index in [1.807, 2.05) is 12.3 Å². The summed E-state index contributed by atoms with van der Waals surface area (Å²) in [7, 11) is 0. The molecule has 0 amide bonds. The van der Waals surface area contributed by atoms with Crippen molar-refractivity contribution in [2.45, 2.75) is 25.1 Å². The molecule has 0 aromatic carbocycles. The second kappa shape index (κ2) is 4.71. The molecule has 0 spiro atoms. The highest BCUT2D eigenvalue weighted by Gasteiger charge is 2.20. The van der Waals surface area contributed by atoms with Crippen molar-refractivity contribution in [2.75, 3.05) is 18.0 Å². The van der Waals surface area contributed by atoms with Crippen LogP contribution in [-0.2, 0) is 0 Å². The van der Waals surface area contributed by atoms with E-state index in [4.69, 9.17) is 11.6 Å². The Hall–Kier alpha value is -0.280. The van der Waals surface area contributed by atoms with Gasteiger partial charge in [-0.2, -0.15) is 0 Å². The smallest absolute Gasteiger partial charge is 0.143 e. The van der Waals surface area contributed by atoms with E-state index >= 15 is 0 Å². The second-order valence-corrected chi connectivity index (χ2v) is 5.36. The fourth-order valence-electron chi connectivity index (χ4n) is 1.86. The van der Waals surface area contributed by atoms with Gasteiger partial charge in [0.15, 0.2) is 0 Å². The van der Waals surface area contributed by atoms with E-state index < -0.39 is 0 Å². The van der Waals surface area contributed by atoms with Crippen LogP contribution in [0, 0.1) is 6.92 Å². The highest BCUT2D eigenvalue weighted by Crippen LogP contribution is 2.29. The maximum absolute atomic E-state index is 6.17. The number of aromatic nitrogens is 1. The molecule has 1 saturated heterocycles. The summed E-state index contributed by atoms with van der Waals surface area (Å²) in [5.74, 6) is 1.03. The van der Waals surface area contributed by atoms with Crippen LogP contribution in [0.4, 0.5) is 5.82 Å². The summed E-state index contributed by atoms with van der Waals surface area (Å²) >= 11 is 9.76. The number of hydrogen-bond donors (Lipinski definition) is 0. The predicted molar refractivity (Wildman–Crippen MR) is 67.8 cm³/mol. The van der Waals surface area contributed by atoms with Gasteiger partial charge in [0, 0.05) is 19.3 Å². The summed E-state index contributed by atoms with van der Waals surface area (Å²) in [6.07, 6.45) is 4.12. The number of alkyl halides is 1. The molecule has 1 fully saturated rings. The summed E-state index contributed by atoms with van der Waals surface area (Å²) in [6.45, 7) is 4.03. The molecule has 1 aromatic rings. The molecule has 1 aliphatic rings. The molecule has 0 aliphatic carbocycles. The van der Waals surface area contributed by atoms with Gasteiger partial charge >= 0.3 is 0 Å². The molecule has 2 nitrogen and oxygen atoms in total. The summed E-state index contributed by atoms with van der Waals surface area (Å²) in [4.78, 5) is 6.68. The van der Waals surface area contributed by atoms with E-state index in [1.54, 1.807) is 0 Å². The first kappa shape index (κ1) is 11.2. The molecule has 82 valence electrons. The molecule has 0 saturated carbocycles. The number of rotatable bonds is 1. The number of pyridine rings is 1. The van der Waals surface area contributed by atoms with Crippen molar-refractivity contribution in [3.05, 3.63) is 22.3 Å². The van der Waals surface area contributed by atoms with Gasteiger partial charge < -0.3 is 4.90 Å². The van der Waals surface area contributed by atoms with Crippen LogP contribution in [0.3, 0.4) is 0 Å². The number of halogens is 2. The minimum Gasteiger partial charge on any atom is -0.354 e. The third kappa shape index (κ3) is 2.45. The van der Waals surface area contributed by atoms with E-state index in [-0.39, 0.29) is 5.38 Å². The maximum Gasteiger partial charge on any atom is 0.143 e. The molecular weight excluding hydrogens is 275 g/mol. The van der Waals surface area contributed by atoms with Crippen molar-refractivity contribution in [3.8, 4) is 0 Å². The largest absolute Gasteiger partial charge is 0.354 e. The van der Waals surface area contributed by atoms with Crippen molar-refractivity contribution in [2.24, 2.45) is 0 Å². The topological polar surface area (TPSA) is 16.1 Å². The number of aryl methyl sites for hydroxylation is 1. The molecular formula is C11H14BrClN2. The molecule has 2 heterocycles. The minimum absolute atomic E-state index is 0.257. The van der Waals surface area contributed by atoms with E-state index in [0.717, 1.165) is 36.2 Å². The Balaban J connectivity index is 2.24. The molecule has 1 aromatic heterocycles. The fourth-order valence-corrected chi connectivity index (χ4v) is 2.67. The summed E-state index contributed by atoms with van der Waals surface area (Å²) in [6, 6.07) is 2.01. The first-order chi connectivity index (χ1) is 7.18. The van der Waals surface area contributed by atoms with Crippen LogP contribution in [0.5, 0.6) is 0 Å². The van der Waals surface area contributed by atoms with Crippen molar-refractivity contribution < 1.29 is 0 Å². The number of piperidine rings is 1. The van der Waals surface area contributed by atoms with E-state index in [0.29, 0.717) is 0 Å². The summed E-state index contributed by atoms with van der Waals surface area (Å²) in [5, 5.41) is 0.257. The third-order valence-corrected chi connectivity index (χ3v) is 4.06. The van der Waals surface area contributed by atoms with Crippen LogP contribution in [0.1, 0.15) is 18.4 Å². The van der Waals surface area contributed by atoms with Gasteiger partial charge in [0.1, 0.15) is 5.82 Å². The van der Waals surface area contributed by atoms with E-state index in [1.165, 1.54) is 5.56 Å². The Morgan fingerprint density at radius 2 is 2.40 bits per heavy atom. The Kier molecular flexibility index (Phi) is 3.52. The lowest BCUT2D eigenvalue weighted by Crippen LogP contribution is -2.36. The Bertz CT molecular complexity index is 356. The monoisotopic (exact) mass is 288 g/mol. The number of hydrogen-bond acceptors (Lipinski definition) is 2. The van der Waals surface area contributed by atoms with Gasteiger partial charge in [-0.25, -0.2) is 4.98 Å².